The third-order valence-corrected chi connectivity index (χ3v) is 7.21. The third-order valence-electron chi connectivity index (χ3n) is 7.21. The van der Waals surface area contributed by atoms with Crippen molar-refractivity contribution in [3.63, 3.8) is 0 Å². The molecule has 0 radical (unpaired) electrons. The van der Waals surface area contributed by atoms with Crippen LogP contribution in [0, 0.1) is 0 Å². The molecule has 4 aromatic rings. The van der Waals surface area contributed by atoms with Gasteiger partial charge in [0.15, 0.2) is 5.60 Å². The summed E-state index contributed by atoms with van der Waals surface area (Å²) in [5.74, 6) is -0.730. The highest BCUT2D eigenvalue weighted by atomic mass is 16.6. The first kappa shape index (κ1) is 22.3. The van der Waals surface area contributed by atoms with E-state index < -0.39 is 11.6 Å². The summed E-state index contributed by atoms with van der Waals surface area (Å²) in [4.78, 5) is 30.8. The standard InChI is InChI=1S/C28H26N4O4/c1-2-28(35)21-13-23-25-18(14-32(23)26(33)20(21)15-36-27(28)34)10-17-11-19(29)12-22(24(17)31-25)30-9-8-16-6-4-3-5-7-16/h3-7,10-13,30,35H,2,8-9,14-15,29H2,1H3/t28-/m0/s1. The predicted octanol–water partition coefficient (Wildman–Crippen LogP) is 3.32. The van der Waals surface area contributed by atoms with Gasteiger partial charge in [0.25, 0.3) is 5.56 Å². The van der Waals surface area contributed by atoms with Crippen LogP contribution >= 0.6 is 0 Å². The minimum Gasteiger partial charge on any atom is -0.458 e. The van der Waals surface area contributed by atoms with Gasteiger partial charge in [-0.15, -0.1) is 0 Å². The van der Waals surface area contributed by atoms with Crippen LogP contribution in [-0.4, -0.2) is 27.2 Å². The van der Waals surface area contributed by atoms with Crippen LogP contribution in [-0.2, 0) is 34.7 Å². The Morgan fingerprint density at radius 3 is 2.75 bits per heavy atom. The zero-order chi connectivity index (χ0) is 25.0. The van der Waals surface area contributed by atoms with Crippen molar-refractivity contribution < 1.29 is 14.6 Å². The first-order valence-corrected chi connectivity index (χ1v) is 12.1. The number of esters is 1. The van der Waals surface area contributed by atoms with Crippen molar-refractivity contribution in [2.45, 2.75) is 38.5 Å². The van der Waals surface area contributed by atoms with E-state index in [2.05, 4.69) is 17.4 Å². The van der Waals surface area contributed by atoms with Crippen LogP contribution in [0.3, 0.4) is 0 Å². The van der Waals surface area contributed by atoms with Gasteiger partial charge in [0.05, 0.1) is 34.7 Å². The van der Waals surface area contributed by atoms with Crippen LogP contribution in [0.25, 0.3) is 22.3 Å². The van der Waals surface area contributed by atoms with Gasteiger partial charge in [-0.2, -0.15) is 0 Å². The third kappa shape index (κ3) is 3.37. The highest BCUT2D eigenvalue weighted by Gasteiger charge is 2.45. The van der Waals surface area contributed by atoms with Crippen molar-refractivity contribution in [3.05, 3.63) is 87.2 Å². The van der Waals surface area contributed by atoms with Gasteiger partial charge in [0.1, 0.15) is 6.61 Å². The lowest BCUT2D eigenvalue weighted by Gasteiger charge is -2.31. The normalized spacial score (nSPS) is 17.9. The molecule has 0 saturated heterocycles. The average Bonchev–Trinajstić information content (AvgIpc) is 3.24. The molecule has 0 aliphatic carbocycles. The van der Waals surface area contributed by atoms with Gasteiger partial charge >= 0.3 is 5.97 Å². The van der Waals surface area contributed by atoms with Crippen LogP contribution in [0.5, 0.6) is 0 Å². The Hall–Kier alpha value is -4.17. The van der Waals surface area contributed by atoms with E-state index >= 15 is 0 Å². The van der Waals surface area contributed by atoms with Gasteiger partial charge in [-0.3, -0.25) is 4.79 Å². The maximum Gasteiger partial charge on any atom is 0.343 e. The summed E-state index contributed by atoms with van der Waals surface area (Å²) in [6.07, 6.45) is 0.951. The molecule has 0 unspecified atom stereocenters. The van der Waals surface area contributed by atoms with Gasteiger partial charge in [0.2, 0.25) is 0 Å². The van der Waals surface area contributed by atoms with Crippen LogP contribution < -0.4 is 16.6 Å². The van der Waals surface area contributed by atoms with Crippen molar-refractivity contribution in [1.29, 1.82) is 0 Å². The van der Waals surface area contributed by atoms with Gasteiger partial charge in [0, 0.05) is 28.7 Å². The Labute approximate surface area is 207 Å². The van der Waals surface area contributed by atoms with E-state index in [1.807, 2.05) is 36.4 Å². The molecule has 8 nitrogen and oxygen atoms in total. The number of nitrogens with one attached hydrogen (secondary N) is 1. The number of benzene rings is 2. The quantitative estimate of drug-likeness (QED) is 0.260. The highest BCUT2D eigenvalue weighted by Crippen LogP contribution is 2.39. The molecule has 0 saturated carbocycles. The first-order chi connectivity index (χ1) is 17.4. The van der Waals surface area contributed by atoms with Crippen molar-refractivity contribution in [2.24, 2.45) is 0 Å². The fourth-order valence-electron chi connectivity index (χ4n) is 5.24. The Balaban J connectivity index is 1.44. The van der Waals surface area contributed by atoms with Gasteiger partial charge in [-0.05, 0) is 42.7 Å². The Morgan fingerprint density at radius 2 is 1.97 bits per heavy atom. The van der Waals surface area contributed by atoms with E-state index in [1.165, 1.54) is 5.56 Å². The number of fused-ring (bicyclic) bond motifs is 5. The number of nitrogens with zero attached hydrogens (tertiary/aromatic N) is 2. The molecule has 4 heterocycles. The predicted molar refractivity (Wildman–Crippen MR) is 138 cm³/mol. The molecule has 36 heavy (non-hydrogen) atoms. The maximum atomic E-state index is 13.4. The summed E-state index contributed by atoms with van der Waals surface area (Å²) in [6, 6.07) is 17.7. The second-order valence-corrected chi connectivity index (χ2v) is 9.40. The molecule has 8 heteroatoms. The number of cyclic esters (lactones) is 1. The van der Waals surface area contributed by atoms with E-state index in [1.54, 1.807) is 17.6 Å². The minimum atomic E-state index is -1.85. The molecule has 0 amide bonds. The van der Waals surface area contributed by atoms with Crippen molar-refractivity contribution >= 4 is 28.2 Å². The van der Waals surface area contributed by atoms with Crippen molar-refractivity contribution in [2.75, 3.05) is 17.6 Å². The summed E-state index contributed by atoms with van der Waals surface area (Å²) in [6.45, 7) is 2.60. The topological polar surface area (TPSA) is 119 Å². The smallest absolute Gasteiger partial charge is 0.343 e. The van der Waals surface area contributed by atoms with Crippen molar-refractivity contribution in [3.8, 4) is 11.4 Å². The number of aliphatic hydroxyl groups is 1. The number of nitrogens with two attached hydrogens (primary N) is 1. The molecule has 1 atom stereocenters. The molecule has 2 aliphatic rings. The van der Waals surface area contributed by atoms with Crippen LogP contribution in [0.15, 0.2) is 59.4 Å². The summed E-state index contributed by atoms with van der Waals surface area (Å²) in [5, 5.41) is 15.4. The van der Waals surface area contributed by atoms with Gasteiger partial charge < -0.3 is 25.5 Å². The number of aromatic nitrogens is 2. The zero-order valence-corrected chi connectivity index (χ0v) is 19.9. The molecule has 182 valence electrons. The molecule has 0 fully saturated rings. The number of pyridine rings is 2. The SMILES string of the molecule is CC[C@@]1(O)C(=O)OCc2c1cc1n(c2=O)Cc2cc3cc(N)cc(NCCc4ccccc4)c3nc2-1. The number of anilines is 2. The number of rotatable bonds is 5. The number of nitrogen functional groups attached to an aromatic ring is 1. The number of hydrogen-bond donors (Lipinski definition) is 3. The molecule has 2 aliphatic heterocycles. The summed E-state index contributed by atoms with van der Waals surface area (Å²) >= 11 is 0. The van der Waals surface area contributed by atoms with Crippen LogP contribution in [0.4, 0.5) is 11.4 Å². The lowest BCUT2D eigenvalue weighted by atomic mass is 9.86. The van der Waals surface area contributed by atoms with Gasteiger partial charge in [-0.25, -0.2) is 9.78 Å². The number of hydrogen-bond acceptors (Lipinski definition) is 7. The summed E-state index contributed by atoms with van der Waals surface area (Å²) in [7, 11) is 0. The zero-order valence-electron chi connectivity index (χ0n) is 19.9. The molecule has 0 bridgehead atoms. The van der Waals surface area contributed by atoms with Crippen LogP contribution in [0.1, 0.15) is 35.6 Å². The van der Waals surface area contributed by atoms with Crippen molar-refractivity contribution in [1.82, 2.24) is 9.55 Å². The fraction of sp³-hybridized carbons (Fsp3) is 0.250. The van der Waals surface area contributed by atoms with E-state index in [-0.39, 0.29) is 18.6 Å². The summed E-state index contributed by atoms with van der Waals surface area (Å²) in [5.41, 5.74) is 10.3. The van der Waals surface area contributed by atoms with E-state index in [9.17, 15) is 14.7 Å². The molecule has 4 N–H and O–H groups in total. The Kier molecular flexibility index (Phi) is 5.08. The Bertz CT molecular complexity index is 1600. The van der Waals surface area contributed by atoms with E-state index in [0.717, 1.165) is 28.6 Å². The largest absolute Gasteiger partial charge is 0.458 e. The van der Waals surface area contributed by atoms with E-state index in [4.69, 9.17) is 15.5 Å². The minimum absolute atomic E-state index is 0.106. The number of ether oxygens (including phenoxy) is 1. The molecule has 2 aromatic carbocycles. The lowest BCUT2D eigenvalue weighted by molar-refractivity contribution is -0.172. The number of carbonyl (C=O) groups excluding carboxylic acids is 1. The summed E-state index contributed by atoms with van der Waals surface area (Å²) < 4.78 is 6.79. The molecule has 2 aromatic heterocycles. The second kappa shape index (κ2) is 8.20. The second-order valence-electron chi connectivity index (χ2n) is 9.40. The molecular weight excluding hydrogens is 456 g/mol. The molecule has 6 rings (SSSR count). The Morgan fingerprint density at radius 1 is 1.17 bits per heavy atom. The van der Waals surface area contributed by atoms with Gasteiger partial charge in [-0.1, -0.05) is 37.3 Å². The molecule has 0 spiro atoms. The molecular formula is C28H26N4O4. The maximum absolute atomic E-state index is 13.4. The van der Waals surface area contributed by atoms with Crippen LogP contribution in [0.2, 0.25) is 0 Å². The highest BCUT2D eigenvalue weighted by molar-refractivity contribution is 5.96. The monoisotopic (exact) mass is 482 g/mol. The number of carbonyl (C=O) groups is 1. The van der Waals surface area contributed by atoms with E-state index in [0.29, 0.717) is 41.3 Å². The fourth-order valence-corrected chi connectivity index (χ4v) is 5.24. The lowest BCUT2D eigenvalue weighted by Crippen LogP contribution is -2.44. The average molecular weight is 483 g/mol. The first-order valence-electron chi connectivity index (χ1n) is 12.1.